The first-order valence-corrected chi connectivity index (χ1v) is 9.44. The largest absolute Gasteiger partial charge is 1.00 e. The second-order valence-electron chi connectivity index (χ2n) is 6.77. The van der Waals surface area contributed by atoms with E-state index in [0.29, 0.717) is 12.9 Å². The number of fused-ring (bicyclic) bond motifs is 1. The summed E-state index contributed by atoms with van der Waals surface area (Å²) in [5.41, 5.74) is 1.26. The van der Waals surface area contributed by atoms with Crippen molar-refractivity contribution in [1.82, 2.24) is 15.1 Å². The quantitative estimate of drug-likeness (QED) is 0.625. The summed E-state index contributed by atoms with van der Waals surface area (Å²) >= 11 is 5.54. The molecule has 3 aliphatic rings. The molecule has 0 aliphatic carbocycles. The van der Waals surface area contributed by atoms with Crippen LogP contribution < -0.4 is 27.2 Å². The van der Waals surface area contributed by atoms with Crippen molar-refractivity contribution in [3.05, 3.63) is 23.8 Å². The second-order valence-corrected chi connectivity index (χ2v) is 7.16. The number of piperazine rings is 1. The topological polar surface area (TPSA) is 46.2 Å². The summed E-state index contributed by atoms with van der Waals surface area (Å²) < 4.78 is 16.5. The number of hydrogen-bond acceptors (Lipinski definition) is 5. The first kappa shape index (κ1) is 19.5. The smallest absolute Gasteiger partial charge is 0.231 e. The van der Waals surface area contributed by atoms with Crippen LogP contribution in [0.3, 0.4) is 0 Å². The van der Waals surface area contributed by atoms with E-state index >= 15 is 0 Å². The molecule has 2 saturated heterocycles. The molecule has 4 rings (SSSR count). The van der Waals surface area contributed by atoms with E-state index in [1.54, 1.807) is 0 Å². The van der Waals surface area contributed by atoms with Crippen molar-refractivity contribution in [2.75, 3.05) is 46.1 Å². The Morgan fingerprint density at radius 3 is 2.73 bits per heavy atom. The fraction of sp³-hybridized carbons (Fsp3) is 0.611. The van der Waals surface area contributed by atoms with Crippen molar-refractivity contribution in [1.29, 1.82) is 0 Å². The molecule has 1 unspecified atom stereocenters. The summed E-state index contributed by atoms with van der Waals surface area (Å²) in [6.07, 6.45) is 2.63. The summed E-state index contributed by atoms with van der Waals surface area (Å²) in [5.74, 6) is 1.70. The van der Waals surface area contributed by atoms with Crippen LogP contribution in [0.15, 0.2) is 18.2 Å². The minimum Gasteiger partial charge on any atom is -1.00 e. The van der Waals surface area contributed by atoms with Gasteiger partial charge in [-0.1, -0.05) is 6.07 Å². The Morgan fingerprint density at radius 2 is 1.96 bits per heavy atom. The van der Waals surface area contributed by atoms with E-state index in [1.165, 1.54) is 5.56 Å². The molecule has 6 nitrogen and oxygen atoms in total. The van der Waals surface area contributed by atoms with Gasteiger partial charge in [-0.25, -0.2) is 0 Å². The zero-order chi connectivity index (χ0) is 17.1. The van der Waals surface area contributed by atoms with Gasteiger partial charge in [0.15, 0.2) is 16.6 Å². The fourth-order valence-corrected chi connectivity index (χ4v) is 3.79. The molecule has 0 saturated carbocycles. The normalized spacial score (nSPS) is 22.2. The minimum atomic E-state index is 0. The lowest BCUT2D eigenvalue weighted by atomic mass is 10.1. The molecule has 1 N–H and O–H groups in total. The lowest BCUT2D eigenvalue weighted by molar-refractivity contribution is -0.00000777. The van der Waals surface area contributed by atoms with Gasteiger partial charge in [-0.05, 0) is 42.8 Å². The molecule has 2 fully saturated rings. The van der Waals surface area contributed by atoms with Crippen LogP contribution >= 0.6 is 12.2 Å². The van der Waals surface area contributed by atoms with Crippen LogP contribution in [0.25, 0.3) is 0 Å². The number of ether oxygens (including phenoxy) is 3. The molecule has 1 atom stereocenters. The third-order valence-electron chi connectivity index (χ3n) is 5.01. The number of hydrogen-bond donors (Lipinski definition) is 1. The zero-order valence-corrected chi connectivity index (χ0v) is 16.4. The highest BCUT2D eigenvalue weighted by molar-refractivity contribution is 7.80. The SMILES string of the molecule is S=C(NCC1CCCO1)N1CCN(Cc2ccc3c(c2)OCO3)CC1.[Cl-]. The number of nitrogens with zero attached hydrogens (tertiary/aromatic N) is 2. The molecule has 0 amide bonds. The van der Waals surface area contributed by atoms with Gasteiger partial charge in [-0.15, -0.1) is 0 Å². The van der Waals surface area contributed by atoms with Crippen molar-refractivity contribution in [3.63, 3.8) is 0 Å². The van der Waals surface area contributed by atoms with E-state index in [-0.39, 0.29) is 12.4 Å². The molecule has 8 heteroatoms. The first-order chi connectivity index (χ1) is 12.3. The highest BCUT2D eigenvalue weighted by Gasteiger charge is 2.21. The van der Waals surface area contributed by atoms with Crippen LogP contribution in [0, 0.1) is 0 Å². The van der Waals surface area contributed by atoms with Gasteiger partial charge in [-0.3, -0.25) is 4.90 Å². The minimum absolute atomic E-state index is 0. The Labute approximate surface area is 166 Å². The van der Waals surface area contributed by atoms with Gasteiger partial charge >= 0.3 is 0 Å². The second kappa shape index (κ2) is 9.08. The van der Waals surface area contributed by atoms with Crippen LogP contribution in [-0.2, 0) is 11.3 Å². The third-order valence-corrected chi connectivity index (χ3v) is 5.41. The van der Waals surface area contributed by atoms with Gasteiger partial charge in [0.05, 0.1) is 6.10 Å². The van der Waals surface area contributed by atoms with E-state index in [4.69, 9.17) is 26.4 Å². The number of halogens is 1. The van der Waals surface area contributed by atoms with Crippen LogP contribution in [-0.4, -0.2) is 67.1 Å². The maximum absolute atomic E-state index is 5.64. The van der Waals surface area contributed by atoms with E-state index in [0.717, 1.165) is 75.3 Å². The molecule has 0 spiro atoms. The first-order valence-electron chi connectivity index (χ1n) is 9.03. The average Bonchev–Trinajstić information content (AvgIpc) is 3.31. The Morgan fingerprint density at radius 1 is 1.15 bits per heavy atom. The highest BCUT2D eigenvalue weighted by Crippen LogP contribution is 2.32. The molecule has 26 heavy (non-hydrogen) atoms. The van der Waals surface area contributed by atoms with Gasteiger partial charge in [0.2, 0.25) is 6.79 Å². The predicted octanol–water partition coefficient (Wildman–Crippen LogP) is -1.41. The van der Waals surface area contributed by atoms with Gasteiger partial charge in [0.25, 0.3) is 0 Å². The molecule has 3 aliphatic heterocycles. The van der Waals surface area contributed by atoms with Gasteiger partial charge < -0.3 is 36.8 Å². The number of nitrogens with one attached hydrogen (secondary N) is 1. The Kier molecular flexibility index (Phi) is 6.80. The van der Waals surface area contributed by atoms with Crippen molar-refractivity contribution < 1.29 is 26.6 Å². The van der Waals surface area contributed by atoms with E-state index in [2.05, 4.69) is 27.2 Å². The van der Waals surface area contributed by atoms with Crippen molar-refractivity contribution in [2.45, 2.75) is 25.5 Å². The predicted molar refractivity (Wildman–Crippen MR) is 99.0 cm³/mol. The zero-order valence-electron chi connectivity index (χ0n) is 14.8. The number of thiocarbonyl (C=S) groups is 1. The van der Waals surface area contributed by atoms with Crippen molar-refractivity contribution in [3.8, 4) is 11.5 Å². The molecule has 1 aromatic rings. The van der Waals surface area contributed by atoms with Crippen LogP contribution in [0.2, 0.25) is 0 Å². The molecule has 0 aromatic heterocycles. The fourth-order valence-electron chi connectivity index (χ4n) is 3.52. The standard InChI is InChI=1S/C18H25N3O3S.ClH/c25-18(19-11-15-2-1-9-22-15)21-7-5-20(6-8-21)12-14-3-4-16-17(10-14)24-13-23-16;/h3-4,10,15H,1-2,5-9,11-13H2,(H,19,25);1H/p-1. The summed E-state index contributed by atoms with van der Waals surface area (Å²) in [6, 6.07) is 6.20. The van der Waals surface area contributed by atoms with E-state index < -0.39 is 0 Å². The molecule has 144 valence electrons. The number of rotatable bonds is 4. The van der Waals surface area contributed by atoms with Crippen LogP contribution in [0.5, 0.6) is 11.5 Å². The van der Waals surface area contributed by atoms with Gasteiger partial charge in [-0.2, -0.15) is 0 Å². The molecular formula is C18H25ClN3O3S-. The summed E-state index contributed by atoms with van der Waals surface area (Å²) in [6.45, 7) is 6.92. The summed E-state index contributed by atoms with van der Waals surface area (Å²) in [4.78, 5) is 4.72. The van der Waals surface area contributed by atoms with Crippen molar-refractivity contribution >= 4 is 17.3 Å². The molecule has 3 heterocycles. The van der Waals surface area contributed by atoms with Crippen molar-refractivity contribution in [2.24, 2.45) is 0 Å². The Balaban J connectivity index is 0.00000196. The maximum atomic E-state index is 5.64. The monoisotopic (exact) mass is 398 g/mol. The average molecular weight is 399 g/mol. The molecule has 0 bridgehead atoms. The molecule has 1 aromatic carbocycles. The Hall–Kier alpha value is -1.28. The lowest BCUT2D eigenvalue weighted by Gasteiger charge is -2.36. The summed E-state index contributed by atoms with van der Waals surface area (Å²) in [5, 5.41) is 4.23. The lowest BCUT2D eigenvalue weighted by Crippen LogP contribution is -3.00. The third kappa shape index (κ3) is 4.71. The van der Waals surface area contributed by atoms with Crippen LogP contribution in [0.4, 0.5) is 0 Å². The highest BCUT2D eigenvalue weighted by atomic mass is 35.5. The number of benzene rings is 1. The molecule has 0 radical (unpaired) electrons. The summed E-state index contributed by atoms with van der Waals surface area (Å²) in [7, 11) is 0. The van der Waals surface area contributed by atoms with Gasteiger partial charge in [0.1, 0.15) is 0 Å². The van der Waals surface area contributed by atoms with E-state index in [1.807, 2.05) is 6.07 Å². The van der Waals surface area contributed by atoms with Gasteiger partial charge in [0, 0.05) is 45.9 Å². The maximum Gasteiger partial charge on any atom is 0.231 e. The van der Waals surface area contributed by atoms with E-state index in [9.17, 15) is 0 Å². The molecular weight excluding hydrogens is 374 g/mol. The van der Waals surface area contributed by atoms with Crippen LogP contribution in [0.1, 0.15) is 18.4 Å². The Bertz CT molecular complexity index is 620.